The van der Waals surface area contributed by atoms with Gasteiger partial charge in [-0.25, -0.2) is 0 Å². The summed E-state index contributed by atoms with van der Waals surface area (Å²) in [6, 6.07) is 8.59. The van der Waals surface area contributed by atoms with Gasteiger partial charge in [-0.3, -0.25) is 14.8 Å². The van der Waals surface area contributed by atoms with E-state index < -0.39 is 0 Å². The second-order valence-electron chi connectivity index (χ2n) is 7.60. The van der Waals surface area contributed by atoms with Crippen molar-refractivity contribution in [3.63, 3.8) is 0 Å². The monoisotopic (exact) mass is 531 g/mol. The van der Waals surface area contributed by atoms with Crippen molar-refractivity contribution in [2.75, 3.05) is 72.7 Å². The average molecular weight is 531 g/mol. The molecule has 8 heteroatoms. The van der Waals surface area contributed by atoms with E-state index in [1.807, 2.05) is 12.1 Å². The van der Waals surface area contributed by atoms with Gasteiger partial charge in [0.15, 0.2) is 5.96 Å². The molecule has 0 aromatic heterocycles. The first-order valence-corrected chi connectivity index (χ1v) is 11.0. The lowest BCUT2D eigenvalue weighted by molar-refractivity contribution is 0.0389. The van der Waals surface area contributed by atoms with Crippen LogP contribution < -0.4 is 15.4 Å². The van der Waals surface area contributed by atoms with Crippen LogP contribution in [0.15, 0.2) is 29.3 Å². The van der Waals surface area contributed by atoms with Gasteiger partial charge in [-0.05, 0) is 38.9 Å². The van der Waals surface area contributed by atoms with Crippen molar-refractivity contribution in [2.24, 2.45) is 4.99 Å². The third kappa shape index (κ3) is 7.55. The zero-order valence-corrected chi connectivity index (χ0v) is 20.8. The van der Waals surface area contributed by atoms with Gasteiger partial charge < -0.3 is 20.1 Å². The van der Waals surface area contributed by atoms with Gasteiger partial charge in [0, 0.05) is 38.3 Å². The highest BCUT2D eigenvalue weighted by Gasteiger charge is 2.25. The summed E-state index contributed by atoms with van der Waals surface area (Å²) in [7, 11) is 1.75. The molecule has 1 unspecified atom stereocenters. The normalized spacial score (nSPS) is 19.2. The van der Waals surface area contributed by atoms with Crippen molar-refractivity contribution < 1.29 is 9.47 Å². The van der Waals surface area contributed by atoms with Crippen molar-refractivity contribution in [1.82, 2.24) is 20.4 Å². The fourth-order valence-corrected chi connectivity index (χ4v) is 4.08. The minimum atomic E-state index is 0. The summed E-state index contributed by atoms with van der Waals surface area (Å²) in [5.74, 6) is 1.84. The molecule has 30 heavy (non-hydrogen) atoms. The number of halogens is 1. The number of para-hydroxylation sites is 1. The number of benzene rings is 1. The Bertz CT molecular complexity index is 634. The van der Waals surface area contributed by atoms with E-state index in [1.54, 1.807) is 7.11 Å². The fraction of sp³-hybridized carbons (Fsp3) is 0.682. The number of likely N-dealkylation sites (tertiary alicyclic amines) is 1. The summed E-state index contributed by atoms with van der Waals surface area (Å²) in [4.78, 5) is 9.92. The number of rotatable bonds is 9. The summed E-state index contributed by atoms with van der Waals surface area (Å²) in [6.45, 7) is 11.5. The Balaban J connectivity index is 0.00000320. The molecule has 7 nitrogen and oxygen atoms in total. The van der Waals surface area contributed by atoms with Gasteiger partial charge in [0.25, 0.3) is 0 Å². The van der Waals surface area contributed by atoms with Gasteiger partial charge in [-0.1, -0.05) is 18.2 Å². The number of methoxy groups -OCH3 is 1. The van der Waals surface area contributed by atoms with Crippen LogP contribution in [0.2, 0.25) is 0 Å². The molecule has 2 heterocycles. The second-order valence-corrected chi connectivity index (χ2v) is 7.60. The van der Waals surface area contributed by atoms with Gasteiger partial charge in [0.2, 0.25) is 0 Å². The third-order valence-electron chi connectivity index (χ3n) is 5.67. The molecule has 2 saturated heterocycles. The summed E-state index contributed by atoms with van der Waals surface area (Å²) >= 11 is 0. The molecule has 0 radical (unpaired) electrons. The van der Waals surface area contributed by atoms with Crippen LogP contribution in [0.4, 0.5) is 0 Å². The standard InChI is InChI=1S/C22H37N5O2.HI/c1-3-23-22(24-10-13-26-14-16-29-17-15-26)25-18-20(27-11-6-7-12-27)19-8-4-5-9-21(19)28-2;/h4-5,8-9,20H,3,6-7,10-18H2,1-2H3,(H2,23,24,25);1H. The Morgan fingerprint density at radius 3 is 2.57 bits per heavy atom. The van der Waals surface area contributed by atoms with E-state index in [9.17, 15) is 0 Å². The van der Waals surface area contributed by atoms with E-state index in [0.717, 1.165) is 70.7 Å². The highest BCUT2D eigenvalue weighted by atomic mass is 127. The largest absolute Gasteiger partial charge is 0.496 e. The van der Waals surface area contributed by atoms with E-state index in [-0.39, 0.29) is 30.0 Å². The van der Waals surface area contributed by atoms with Gasteiger partial charge in [0.05, 0.1) is 32.9 Å². The van der Waals surface area contributed by atoms with Crippen molar-refractivity contribution in [3.05, 3.63) is 29.8 Å². The quantitative estimate of drug-likeness (QED) is 0.290. The van der Waals surface area contributed by atoms with Crippen LogP contribution in [0.3, 0.4) is 0 Å². The van der Waals surface area contributed by atoms with Gasteiger partial charge in [-0.15, -0.1) is 24.0 Å². The van der Waals surface area contributed by atoms with Crippen molar-refractivity contribution in [3.8, 4) is 5.75 Å². The Morgan fingerprint density at radius 2 is 1.87 bits per heavy atom. The maximum Gasteiger partial charge on any atom is 0.191 e. The van der Waals surface area contributed by atoms with Crippen LogP contribution in [-0.4, -0.2) is 88.4 Å². The van der Waals surface area contributed by atoms with Gasteiger partial charge in [-0.2, -0.15) is 0 Å². The molecule has 3 rings (SSSR count). The lowest BCUT2D eigenvalue weighted by Gasteiger charge is -2.28. The van der Waals surface area contributed by atoms with Crippen LogP contribution in [0, 0.1) is 0 Å². The average Bonchev–Trinajstić information content (AvgIpc) is 3.29. The van der Waals surface area contributed by atoms with E-state index in [4.69, 9.17) is 14.5 Å². The Morgan fingerprint density at radius 1 is 1.13 bits per heavy atom. The summed E-state index contributed by atoms with van der Waals surface area (Å²) in [5, 5.41) is 6.89. The van der Waals surface area contributed by atoms with Crippen molar-refractivity contribution >= 4 is 29.9 Å². The van der Waals surface area contributed by atoms with Crippen LogP contribution in [0.5, 0.6) is 5.75 Å². The van der Waals surface area contributed by atoms with Gasteiger partial charge >= 0.3 is 0 Å². The van der Waals surface area contributed by atoms with E-state index in [2.05, 4.69) is 39.5 Å². The first-order valence-electron chi connectivity index (χ1n) is 11.0. The van der Waals surface area contributed by atoms with Crippen LogP contribution >= 0.6 is 24.0 Å². The zero-order valence-electron chi connectivity index (χ0n) is 18.4. The summed E-state index contributed by atoms with van der Waals surface area (Å²) in [5.41, 5.74) is 1.23. The minimum Gasteiger partial charge on any atom is -0.496 e. The maximum absolute atomic E-state index is 5.65. The number of hydrogen-bond acceptors (Lipinski definition) is 5. The molecular formula is C22H38IN5O2. The summed E-state index contributed by atoms with van der Waals surface area (Å²) < 4.78 is 11.1. The molecule has 2 fully saturated rings. The molecule has 1 aromatic rings. The summed E-state index contributed by atoms with van der Waals surface area (Å²) in [6.07, 6.45) is 2.51. The first-order chi connectivity index (χ1) is 14.3. The predicted molar refractivity (Wildman–Crippen MR) is 133 cm³/mol. The van der Waals surface area contributed by atoms with Crippen LogP contribution in [0.25, 0.3) is 0 Å². The number of hydrogen-bond donors (Lipinski definition) is 2. The molecule has 1 atom stereocenters. The molecule has 0 amide bonds. The molecule has 2 aliphatic heterocycles. The molecule has 0 spiro atoms. The minimum absolute atomic E-state index is 0. The van der Waals surface area contributed by atoms with Crippen molar-refractivity contribution in [1.29, 1.82) is 0 Å². The number of aliphatic imine (C=N–C) groups is 1. The third-order valence-corrected chi connectivity index (χ3v) is 5.67. The SMILES string of the molecule is CCNC(=NCC(c1ccccc1OC)N1CCCC1)NCCN1CCOCC1.I. The Kier molecular flexibility index (Phi) is 11.8. The highest BCUT2D eigenvalue weighted by molar-refractivity contribution is 14.0. The Labute approximate surface area is 198 Å². The predicted octanol–water partition coefficient (Wildman–Crippen LogP) is 2.34. The van der Waals surface area contributed by atoms with E-state index in [0.29, 0.717) is 6.54 Å². The lowest BCUT2D eigenvalue weighted by atomic mass is 10.0. The molecule has 0 saturated carbocycles. The molecule has 0 bridgehead atoms. The molecule has 1 aromatic carbocycles. The number of guanidine groups is 1. The Hall–Kier alpha value is -1.10. The second kappa shape index (κ2) is 14.1. The topological polar surface area (TPSA) is 61.4 Å². The highest BCUT2D eigenvalue weighted by Crippen LogP contribution is 2.31. The number of morpholine rings is 1. The first kappa shape index (κ1) is 25.2. The van der Waals surface area contributed by atoms with Crippen LogP contribution in [-0.2, 0) is 4.74 Å². The lowest BCUT2D eigenvalue weighted by Crippen LogP contribution is -2.44. The number of nitrogens with one attached hydrogen (secondary N) is 2. The van der Waals surface area contributed by atoms with Gasteiger partial charge in [0.1, 0.15) is 5.75 Å². The van der Waals surface area contributed by atoms with E-state index in [1.165, 1.54) is 18.4 Å². The van der Waals surface area contributed by atoms with Crippen LogP contribution in [0.1, 0.15) is 31.4 Å². The molecule has 0 aliphatic carbocycles. The van der Waals surface area contributed by atoms with E-state index >= 15 is 0 Å². The zero-order chi connectivity index (χ0) is 20.3. The molecular weight excluding hydrogens is 493 g/mol. The number of nitrogens with zero attached hydrogens (tertiary/aromatic N) is 3. The molecule has 2 N–H and O–H groups in total. The maximum atomic E-state index is 5.65. The smallest absolute Gasteiger partial charge is 0.191 e. The number of ether oxygens (including phenoxy) is 2. The molecule has 170 valence electrons. The van der Waals surface area contributed by atoms with Crippen molar-refractivity contribution in [2.45, 2.75) is 25.8 Å². The molecule has 2 aliphatic rings. The fourth-order valence-electron chi connectivity index (χ4n) is 4.08.